The minimum atomic E-state index is -4.42. The van der Waals surface area contributed by atoms with E-state index < -0.39 is 11.7 Å². The van der Waals surface area contributed by atoms with Gasteiger partial charge in [0.25, 0.3) is 0 Å². The molecule has 8 heteroatoms. The second kappa shape index (κ2) is 9.79. The molecule has 3 rings (SSSR count). The summed E-state index contributed by atoms with van der Waals surface area (Å²) in [5.74, 6) is 0.310. The van der Waals surface area contributed by atoms with E-state index in [1.165, 1.54) is 28.8 Å². The Labute approximate surface area is 196 Å². The zero-order valence-corrected chi connectivity index (χ0v) is 20.0. The highest BCUT2D eigenvalue weighted by atomic mass is 32.2. The normalized spacial score (nSPS) is 17.8. The van der Waals surface area contributed by atoms with Gasteiger partial charge in [-0.25, -0.2) is 0 Å². The van der Waals surface area contributed by atoms with Gasteiger partial charge in [0.1, 0.15) is 5.37 Å². The van der Waals surface area contributed by atoms with Crippen LogP contribution in [0.5, 0.6) is 0 Å². The molecule has 0 bridgehead atoms. The van der Waals surface area contributed by atoms with Gasteiger partial charge in [-0.1, -0.05) is 39.8 Å². The molecule has 1 fully saturated rings. The lowest BCUT2D eigenvalue weighted by Gasteiger charge is -2.25. The smallest absolute Gasteiger partial charge is 0.326 e. The third-order valence-corrected chi connectivity index (χ3v) is 6.53. The zero-order valence-electron chi connectivity index (χ0n) is 19.2. The van der Waals surface area contributed by atoms with Crippen LogP contribution in [-0.4, -0.2) is 17.6 Å². The molecule has 0 aromatic heterocycles. The van der Waals surface area contributed by atoms with Crippen molar-refractivity contribution in [1.29, 1.82) is 0 Å². The van der Waals surface area contributed by atoms with Gasteiger partial charge in [0, 0.05) is 17.8 Å². The lowest BCUT2D eigenvalue weighted by Crippen LogP contribution is -2.27. The Morgan fingerprint density at radius 1 is 1.09 bits per heavy atom. The van der Waals surface area contributed by atoms with E-state index in [1.807, 2.05) is 12.1 Å². The van der Waals surface area contributed by atoms with Gasteiger partial charge in [-0.3, -0.25) is 14.5 Å². The van der Waals surface area contributed by atoms with Crippen molar-refractivity contribution < 1.29 is 22.8 Å². The summed E-state index contributed by atoms with van der Waals surface area (Å²) < 4.78 is 38.6. The summed E-state index contributed by atoms with van der Waals surface area (Å²) in [4.78, 5) is 26.4. The quantitative estimate of drug-likeness (QED) is 0.492. The van der Waals surface area contributed by atoms with Gasteiger partial charge in [0.15, 0.2) is 0 Å². The van der Waals surface area contributed by atoms with Crippen LogP contribution in [0.1, 0.15) is 57.0 Å². The molecule has 0 spiro atoms. The second-order valence-electron chi connectivity index (χ2n) is 9.72. The van der Waals surface area contributed by atoms with Crippen molar-refractivity contribution in [3.8, 4) is 0 Å². The lowest BCUT2D eigenvalue weighted by atomic mass is 9.84. The number of anilines is 2. The number of nitrogens with one attached hydrogen (secondary N) is 1. The fourth-order valence-corrected chi connectivity index (χ4v) is 5.32. The van der Waals surface area contributed by atoms with Gasteiger partial charge >= 0.3 is 6.18 Å². The maximum absolute atomic E-state index is 12.9. The fraction of sp³-hybridized carbons (Fsp3) is 0.440. The minimum absolute atomic E-state index is 0.0451. The van der Waals surface area contributed by atoms with Crippen LogP contribution in [0.4, 0.5) is 24.5 Å². The van der Waals surface area contributed by atoms with E-state index in [0.29, 0.717) is 17.8 Å². The van der Waals surface area contributed by atoms with Crippen LogP contribution in [0.3, 0.4) is 0 Å². The summed E-state index contributed by atoms with van der Waals surface area (Å²) in [7, 11) is 0. The molecule has 1 aliphatic heterocycles. The summed E-state index contributed by atoms with van der Waals surface area (Å²) >= 11 is 1.42. The van der Waals surface area contributed by atoms with Crippen LogP contribution in [0, 0.1) is 11.3 Å². The first-order chi connectivity index (χ1) is 15.3. The number of carbonyl (C=O) groups excluding carboxylic acids is 2. The van der Waals surface area contributed by atoms with Crippen LogP contribution >= 0.6 is 11.8 Å². The minimum Gasteiger partial charge on any atom is -0.326 e. The van der Waals surface area contributed by atoms with Crippen molar-refractivity contribution in [2.75, 3.05) is 16.0 Å². The highest BCUT2D eigenvalue weighted by Crippen LogP contribution is 2.42. The highest BCUT2D eigenvalue weighted by molar-refractivity contribution is 8.00. The van der Waals surface area contributed by atoms with Crippen molar-refractivity contribution in [2.45, 2.75) is 52.1 Å². The molecule has 33 heavy (non-hydrogen) atoms. The monoisotopic (exact) mass is 478 g/mol. The number of hydrogen-bond acceptors (Lipinski definition) is 3. The standard InChI is InChI=1S/C25H29F3N2O2S/c1-16(14-24(2,3)4)13-21(31)29-19-9-5-17(6-10-19)23-30(22(32)15-33-23)20-11-7-18(8-12-20)25(26,27)28/h5-12,16,23H,13-15H2,1-4H3,(H,29,31)/t16-,23+/m0/s1. The lowest BCUT2D eigenvalue weighted by molar-refractivity contribution is -0.137. The highest BCUT2D eigenvalue weighted by Gasteiger charge is 2.35. The molecule has 0 saturated carbocycles. The number of hydrogen-bond donors (Lipinski definition) is 1. The maximum atomic E-state index is 12.9. The first kappa shape index (κ1) is 25.1. The van der Waals surface area contributed by atoms with Crippen molar-refractivity contribution in [3.63, 3.8) is 0 Å². The van der Waals surface area contributed by atoms with Gasteiger partial charge in [-0.2, -0.15) is 13.2 Å². The number of rotatable bonds is 6. The van der Waals surface area contributed by atoms with E-state index in [1.54, 1.807) is 12.1 Å². The predicted molar refractivity (Wildman–Crippen MR) is 127 cm³/mol. The Morgan fingerprint density at radius 3 is 2.24 bits per heavy atom. The van der Waals surface area contributed by atoms with Gasteiger partial charge in [-0.05, 0) is 59.7 Å². The number of halogens is 3. The number of nitrogens with zero attached hydrogens (tertiary/aromatic N) is 1. The van der Waals surface area contributed by atoms with Gasteiger partial charge in [0.05, 0.1) is 11.3 Å². The number of carbonyl (C=O) groups is 2. The summed E-state index contributed by atoms with van der Waals surface area (Å²) in [6.07, 6.45) is -3.04. The van der Waals surface area contributed by atoms with Crippen molar-refractivity contribution in [3.05, 3.63) is 59.7 Å². The summed E-state index contributed by atoms with van der Waals surface area (Å²) in [5.41, 5.74) is 1.34. The third kappa shape index (κ3) is 6.76. The van der Waals surface area contributed by atoms with E-state index in [-0.39, 0.29) is 34.3 Å². The molecule has 2 amide bonds. The average molecular weight is 479 g/mol. The Morgan fingerprint density at radius 2 is 1.70 bits per heavy atom. The molecule has 2 atom stereocenters. The summed E-state index contributed by atoms with van der Waals surface area (Å²) in [6.45, 7) is 8.53. The van der Waals surface area contributed by atoms with Crippen LogP contribution in [0.25, 0.3) is 0 Å². The first-order valence-corrected chi connectivity index (χ1v) is 11.9. The fourth-order valence-electron chi connectivity index (χ4n) is 4.14. The van der Waals surface area contributed by atoms with Gasteiger partial charge in [0.2, 0.25) is 11.8 Å². The van der Waals surface area contributed by atoms with Crippen LogP contribution in [0.2, 0.25) is 0 Å². The zero-order chi connectivity index (χ0) is 24.4. The number of thioether (sulfide) groups is 1. The molecule has 0 unspecified atom stereocenters. The van der Waals surface area contributed by atoms with Gasteiger partial charge < -0.3 is 5.32 Å². The van der Waals surface area contributed by atoms with Crippen LogP contribution < -0.4 is 10.2 Å². The molecule has 4 nitrogen and oxygen atoms in total. The van der Waals surface area contributed by atoms with Crippen molar-refractivity contribution >= 4 is 35.0 Å². The molecule has 0 radical (unpaired) electrons. The number of alkyl halides is 3. The Bertz CT molecular complexity index is 983. The Kier molecular flexibility index (Phi) is 7.46. The van der Waals surface area contributed by atoms with E-state index in [9.17, 15) is 22.8 Å². The van der Waals surface area contributed by atoms with E-state index in [4.69, 9.17) is 0 Å². The van der Waals surface area contributed by atoms with Crippen molar-refractivity contribution in [1.82, 2.24) is 0 Å². The first-order valence-electron chi connectivity index (χ1n) is 10.8. The van der Waals surface area contributed by atoms with E-state index in [0.717, 1.165) is 24.1 Å². The van der Waals surface area contributed by atoms with Crippen LogP contribution in [0.15, 0.2) is 48.5 Å². The van der Waals surface area contributed by atoms with Crippen molar-refractivity contribution in [2.24, 2.45) is 11.3 Å². The molecule has 0 aliphatic carbocycles. The second-order valence-corrected chi connectivity index (χ2v) is 10.8. The molecular weight excluding hydrogens is 449 g/mol. The van der Waals surface area contributed by atoms with E-state index >= 15 is 0 Å². The largest absolute Gasteiger partial charge is 0.416 e. The molecule has 1 N–H and O–H groups in total. The maximum Gasteiger partial charge on any atom is 0.416 e. The average Bonchev–Trinajstić information content (AvgIpc) is 3.07. The SMILES string of the molecule is C[C@@H](CC(=O)Nc1ccc([C@H]2SCC(=O)N2c2ccc(C(F)(F)F)cc2)cc1)CC(C)(C)C. The number of benzene rings is 2. The Hall–Kier alpha value is -2.48. The molecule has 2 aromatic carbocycles. The topological polar surface area (TPSA) is 49.4 Å². The van der Waals surface area contributed by atoms with Gasteiger partial charge in [-0.15, -0.1) is 11.8 Å². The molecule has 2 aromatic rings. The van der Waals surface area contributed by atoms with Crippen LogP contribution in [-0.2, 0) is 15.8 Å². The molecule has 1 heterocycles. The summed E-state index contributed by atoms with van der Waals surface area (Å²) in [6, 6.07) is 11.9. The number of amides is 2. The molecular formula is C25H29F3N2O2S. The molecule has 1 saturated heterocycles. The predicted octanol–water partition coefficient (Wildman–Crippen LogP) is 6.88. The molecule has 178 valence electrons. The Balaban J connectivity index is 1.68. The molecule has 1 aliphatic rings. The third-order valence-electron chi connectivity index (χ3n) is 5.31. The van der Waals surface area contributed by atoms with E-state index in [2.05, 4.69) is 33.0 Å². The summed E-state index contributed by atoms with van der Waals surface area (Å²) in [5, 5.41) is 2.57.